The molecule has 1 heterocycles. The highest BCUT2D eigenvalue weighted by molar-refractivity contribution is 5.76. The van der Waals surface area contributed by atoms with Crippen LogP contribution < -0.4 is 5.73 Å². The first kappa shape index (κ1) is 13.3. The topological polar surface area (TPSA) is 46.3 Å². The molecular weight excluding hydrogens is 221 g/mol. The van der Waals surface area contributed by atoms with Crippen molar-refractivity contribution in [2.24, 2.45) is 11.7 Å². The van der Waals surface area contributed by atoms with E-state index in [0.29, 0.717) is 13.1 Å². The first-order chi connectivity index (χ1) is 7.29. The van der Waals surface area contributed by atoms with Gasteiger partial charge >= 0.3 is 6.18 Å². The lowest BCUT2D eigenvalue weighted by Gasteiger charge is -2.34. The molecule has 1 rings (SSSR count). The molecule has 0 bridgehead atoms. The number of rotatable bonds is 2. The van der Waals surface area contributed by atoms with E-state index >= 15 is 0 Å². The summed E-state index contributed by atoms with van der Waals surface area (Å²) in [4.78, 5) is 12.6. The van der Waals surface area contributed by atoms with Gasteiger partial charge < -0.3 is 10.6 Å². The number of halogens is 3. The van der Waals surface area contributed by atoms with Gasteiger partial charge in [-0.1, -0.05) is 0 Å². The van der Waals surface area contributed by atoms with Crippen molar-refractivity contribution in [3.05, 3.63) is 0 Å². The number of amides is 1. The highest BCUT2D eigenvalue weighted by Crippen LogP contribution is 2.24. The van der Waals surface area contributed by atoms with Gasteiger partial charge in [0.2, 0.25) is 5.91 Å². The second kappa shape index (κ2) is 5.03. The maximum Gasteiger partial charge on any atom is 0.397 e. The SMILES string of the molecule is C[C@H](N)[C@@H]1CCCN(C(=O)CC(F)(F)F)C1. The van der Waals surface area contributed by atoms with E-state index in [9.17, 15) is 18.0 Å². The van der Waals surface area contributed by atoms with Gasteiger partial charge in [0.1, 0.15) is 6.42 Å². The molecule has 0 aromatic heterocycles. The van der Waals surface area contributed by atoms with Crippen LogP contribution in [0.5, 0.6) is 0 Å². The molecule has 0 saturated carbocycles. The summed E-state index contributed by atoms with van der Waals surface area (Å²) < 4.78 is 36.1. The van der Waals surface area contributed by atoms with Crippen LogP contribution in [0.3, 0.4) is 0 Å². The first-order valence-electron chi connectivity index (χ1n) is 5.39. The minimum atomic E-state index is -4.42. The quantitative estimate of drug-likeness (QED) is 0.793. The predicted octanol–water partition coefficient (Wildman–Crippen LogP) is 1.52. The maximum absolute atomic E-state index is 12.0. The third-order valence-electron chi connectivity index (χ3n) is 2.91. The van der Waals surface area contributed by atoms with E-state index in [1.807, 2.05) is 6.92 Å². The number of hydrogen-bond acceptors (Lipinski definition) is 2. The second-order valence-corrected chi connectivity index (χ2v) is 4.39. The summed E-state index contributed by atoms with van der Waals surface area (Å²) in [7, 11) is 0. The zero-order chi connectivity index (χ0) is 12.3. The summed E-state index contributed by atoms with van der Waals surface area (Å²) in [6, 6.07) is -0.0820. The van der Waals surface area contributed by atoms with Crippen molar-refractivity contribution in [1.82, 2.24) is 4.90 Å². The number of carbonyl (C=O) groups excluding carboxylic acids is 1. The van der Waals surface area contributed by atoms with E-state index in [-0.39, 0.29) is 12.0 Å². The highest BCUT2D eigenvalue weighted by Gasteiger charge is 2.35. The summed E-state index contributed by atoms with van der Waals surface area (Å²) in [5.74, 6) is -0.719. The molecule has 1 aliphatic heterocycles. The largest absolute Gasteiger partial charge is 0.397 e. The average Bonchev–Trinajstić information content (AvgIpc) is 2.15. The van der Waals surface area contributed by atoms with Gasteiger partial charge in [0.05, 0.1) is 0 Å². The van der Waals surface area contributed by atoms with Crippen LogP contribution in [-0.4, -0.2) is 36.1 Å². The number of piperidine rings is 1. The van der Waals surface area contributed by atoms with Gasteiger partial charge in [-0.15, -0.1) is 0 Å². The third-order valence-corrected chi connectivity index (χ3v) is 2.91. The molecule has 2 N–H and O–H groups in total. The monoisotopic (exact) mass is 238 g/mol. The van der Waals surface area contributed by atoms with Crippen molar-refractivity contribution in [3.63, 3.8) is 0 Å². The van der Waals surface area contributed by atoms with E-state index in [1.54, 1.807) is 0 Å². The van der Waals surface area contributed by atoms with E-state index < -0.39 is 18.5 Å². The fraction of sp³-hybridized carbons (Fsp3) is 0.900. The summed E-state index contributed by atoms with van der Waals surface area (Å²) in [5, 5.41) is 0. The van der Waals surface area contributed by atoms with Crippen LogP contribution in [0.1, 0.15) is 26.2 Å². The summed E-state index contributed by atoms with van der Waals surface area (Å²) in [5.41, 5.74) is 5.70. The maximum atomic E-state index is 12.0. The Labute approximate surface area is 92.8 Å². The average molecular weight is 238 g/mol. The minimum absolute atomic E-state index is 0.0820. The van der Waals surface area contributed by atoms with Gasteiger partial charge in [-0.3, -0.25) is 4.79 Å². The Morgan fingerprint density at radius 3 is 2.69 bits per heavy atom. The van der Waals surface area contributed by atoms with E-state index in [4.69, 9.17) is 5.73 Å². The standard InChI is InChI=1S/C10H17F3N2O/c1-7(14)8-3-2-4-15(6-8)9(16)5-10(11,12)13/h7-8H,2-6,14H2,1H3/t7-,8+/m0/s1. The van der Waals surface area contributed by atoms with Gasteiger partial charge in [-0.05, 0) is 25.7 Å². The lowest BCUT2D eigenvalue weighted by molar-refractivity contribution is -0.162. The fourth-order valence-electron chi connectivity index (χ4n) is 1.95. The summed E-state index contributed by atoms with van der Waals surface area (Å²) >= 11 is 0. The normalized spacial score (nSPS) is 24.3. The van der Waals surface area contributed by atoms with Gasteiger partial charge in [-0.25, -0.2) is 0 Å². The van der Waals surface area contributed by atoms with Gasteiger partial charge in [0, 0.05) is 19.1 Å². The van der Waals surface area contributed by atoms with Crippen LogP contribution in [0.4, 0.5) is 13.2 Å². The zero-order valence-electron chi connectivity index (χ0n) is 9.26. The molecule has 0 aliphatic carbocycles. The molecule has 1 saturated heterocycles. The van der Waals surface area contributed by atoms with Gasteiger partial charge in [-0.2, -0.15) is 13.2 Å². The van der Waals surface area contributed by atoms with Crippen molar-refractivity contribution in [3.8, 4) is 0 Å². The van der Waals surface area contributed by atoms with E-state index in [1.165, 1.54) is 4.90 Å². The molecule has 0 spiro atoms. The van der Waals surface area contributed by atoms with Gasteiger partial charge in [0.15, 0.2) is 0 Å². The van der Waals surface area contributed by atoms with Crippen molar-refractivity contribution < 1.29 is 18.0 Å². The number of hydrogen-bond donors (Lipinski definition) is 1. The highest BCUT2D eigenvalue weighted by atomic mass is 19.4. The number of likely N-dealkylation sites (tertiary alicyclic amines) is 1. The Balaban J connectivity index is 2.50. The van der Waals surface area contributed by atoms with Crippen molar-refractivity contribution >= 4 is 5.91 Å². The van der Waals surface area contributed by atoms with Crippen LogP contribution in [0, 0.1) is 5.92 Å². The molecular formula is C10H17F3N2O. The van der Waals surface area contributed by atoms with E-state index in [2.05, 4.69) is 0 Å². The van der Waals surface area contributed by atoms with Crippen molar-refractivity contribution in [1.29, 1.82) is 0 Å². The second-order valence-electron chi connectivity index (χ2n) is 4.39. The molecule has 16 heavy (non-hydrogen) atoms. The molecule has 3 nitrogen and oxygen atoms in total. The number of alkyl halides is 3. The van der Waals surface area contributed by atoms with Crippen LogP contribution in [0.25, 0.3) is 0 Å². The molecule has 0 aromatic rings. The molecule has 6 heteroatoms. The molecule has 2 atom stereocenters. The molecule has 0 unspecified atom stereocenters. The Hall–Kier alpha value is -0.780. The molecule has 1 fully saturated rings. The van der Waals surface area contributed by atoms with Crippen LogP contribution in [0.2, 0.25) is 0 Å². The fourth-order valence-corrected chi connectivity index (χ4v) is 1.95. The lowest BCUT2D eigenvalue weighted by Crippen LogP contribution is -2.46. The number of carbonyl (C=O) groups is 1. The molecule has 0 aromatic carbocycles. The van der Waals surface area contributed by atoms with Gasteiger partial charge in [0.25, 0.3) is 0 Å². The van der Waals surface area contributed by atoms with Crippen LogP contribution in [0.15, 0.2) is 0 Å². The number of nitrogens with zero attached hydrogens (tertiary/aromatic N) is 1. The summed E-state index contributed by atoms with van der Waals surface area (Å²) in [6.07, 6.45) is -4.17. The Bertz CT molecular complexity index is 253. The Morgan fingerprint density at radius 1 is 1.56 bits per heavy atom. The first-order valence-corrected chi connectivity index (χ1v) is 5.39. The zero-order valence-corrected chi connectivity index (χ0v) is 9.26. The Kier molecular flexibility index (Phi) is 4.18. The van der Waals surface area contributed by atoms with Crippen LogP contribution >= 0.6 is 0 Å². The van der Waals surface area contributed by atoms with Crippen molar-refractivity contribution in [2.75, 3.05) is 13.1 Å². The molecule has 94 valence electrons. The lowest BCUT2D eigenvalue weighted by atomic mass is 9.92. The molecule has 1 amide bonds. The summed E-state index contributed by atoms with van der Waals surface area (Å²) in [6.45, 7) is 2.59. The Morgan fingerprint density at radius 2 is 2.19 bits per heavy atom. The predicted molar refractivity (Wildman–Crippen MR) is 53.6 cm³/mol. The minimum Gasteiger partial charge on any atom is -0.342 e. The van der Waals surface area contributed by atoms with Crippen molar-refractivity contribution in [2.45, 2.75) is 38.4 Å². The number of nitrogens with two attached hydrogens (primary N) is 1. The molecule has 1 aliphatic rings. The third kappa shape index (κ3) is 4.00. The smallest absolute Gasteiger partial charge is 0.342 e. The van der Waals surface area contributed by atoms with E-state index in [0.717, 1.165) is 12.8 Å². The molecule has 0 radical (unpaired) electrons. The van der Waals surface area contributed by atoms with Crippen LogP contribution in [-0.2, 0) is 4.79 Å².